The number of hydrogen-bond donors (Lipinski definition) is 0. The molecule has 6 heteroatoms. The first-order valence-electron chi connectivity index (χ1n) is 10.00. The Morgan fingerprint density at radius 1 is 1.17 bits per heavy atom. The Kier molecular flexibility index (Phi) is 19.7. The van der Waals surface area contributed by atoms with Gasteiger partial charge in [0.2, 0.25) is 5.90 Å². The summed E-state index contributed by atoms with van der Waals surface area (Å²) >= 11 is 9.70. The molecule has 1 aliphatic rings. The number of methoxy groups -OCH3 is 2. The van der Waals surface area contributed by atoms with Gasteiger partial charge in [-0.1, -0.05) is 74.1 Å². The Labute approximate surface area is 192 Å². The van der Waals surface area contributed by atoms with Gasteiger partial charge in [0.25, 0.3) is 0 Å². The molecule has 29 heavy (non-hydrogen) atoms. The van der Waals surface area contributed by atoms with Crippen LogP contribution in [0.5, 0.6) is 0 Å². The lowest BCUT2D eigenvalue weighted by atomic mass is 10.0. The molecule has 4 nitrogen and oxygen atoms in total. The van der Waals surface area contributed by atoms with E-state index in [0.29, 0.717) is 6.54 Å². The quantitative estimate of drug-likeness (QED) is 0.456. The van der Waals surface area contributed by atoms with Crippen LogP contribution < -0.4 is 0 Å². The van der Waals surface area contributed by atoms with Gasteiger partial charge in [0.05, 0.1) is 19.7 Å². The molecule has 2 atom stereocenters. The van der Waals surface area contributed by atoms with Gasteiger partial charge in [-0.05, 0) is 37.6 Å². The fourth-order valence-electron chi connectivity index (χ4n) is 2.56. The van der Waals surface area contributed by atoms with Crippen LogP contribution in [0.2, 0.25) is 5.02 Å². The number of nitrogens with zero attached hydrogens (tertiary/aromatic N) is 2. The molecule has 0 bridgehead atoms. The maximum absolute atomic E-state index is 6.28. The summed E-state index contributed by atoms with van der Waals surface area (Å²) in [6, 6.07) is 6.08. The van der Waals surface area contributed by atoms with Crippen LogP contribution in [-0.2, 0) is 15.9 Å². The van der Waals surface area contributed by atoms with Crippen molar-refractivity contribution in [2.24, 2.45) is 4.99 Å². The molecule has 0 saturated heterocycles. The second-order valence-corrected chi connectivity index (χ2v) is 7.77. The van der Waals surface area contributed by atoms with Crippen LogP contribution in [0.4, 0.5) is 0 Å². The second-order valence-electron chi connectivity index (χ2n) is 6.44. The van der Waals surface area contributed by atoms with Crippen LogP contribution in [0.3, 0.4) is 0 Å². The number of hydrogen-bond acceptors (Lipinski definition) is 4. The summed E-state index contributed by atoms with van der Waals surface area (Å²) in [5, 5.41) is 0.780. The first-order chi connectivity index (χ1) is 13.9. The van der Waals surface area contributed by atoms with Crippen LogP contribution in [0, 0.1) is 12.8 Å². The van der Waals surface area contributed by atoms with Crippen LogP contribution in [-0.4, -0.2) is 50.9 Å². The molecule has 1 heterocycles. The molecule has 0 spiro atoms. The van der Waals surface area contributed by atoms with Crippen molar-refractivity contribution < 1.29 is 9.47 Å². The average Bonchev–Trinajstić information content (AvgIpc) is 2.70. The van der Waals surface area contributed by atoms with Gasteiger partial charge < -0.3 is 9.47 Å². The van der Waals surface area contributed by atoms with E-state index in [4.69, 9.17) is 21.1 Å². The molecule has 166 valence electrons. The van der Waals surface area contributed by atoms with Gasteiger partial charge in [0.1, 0.15) is 6.23 Å². The first-order valence-corrected chi connectivity index (χ1v) is 11.2. The zero-order chi connectivity index (χ0) is 22.8. The van der Waals surface area contributed by atoms with Gasteiger partial charge in [0.15, 0.2) is 0 Å². The highest BCUT2D eigenvalue weighted by atomic mass is 79.9. The third-order valence-electron chi connectivity index (χ3n) is 3.82. The highest BCUT2D eigenvalue weighted by molar-refractivity contribution is 9.10. The van der Waals surface area contributed by atoms with Crippen LogP contribution in [0.25, 0.3) is 0 Å². The smallest absolute Gasteiger partial charge is 0.201 e. The lowest BCUT2D eigenvalue weighted by Crippen LogP contribution is -2.51. The van der Waals surface area contributed by atoms with Crippen molar-refractivity contribution in [1.82, 2.24) is 4.90 Å². The SMILES string of the molecule is C#C.CCC.CCC.COC1=NCC(OC)N(C)C1CCc1ccc(Br)cc1Cl. The molecule has 0 saturated carbocycles. The van der Waals surface area contributed by atoms with E-state index in [-0.39, 0.29) is 12.3 Å². The normalized spacial score (nSPS) is 18.0. The third kappa shape index (κ3) is 11.6. The van der Waals surface area contributed by atoms with Crippen molar-refractivity contribution in [3.63, 3.8) is 0 Å². The van der Waals surface area contributed by atoms with Crippen molar-refractivity contribution in [3.8, 4) is 12.8 Å². The summed E-state index contributed by atoms with van der Waals surface area (Å²) in [4.78, 5) is 6.63. The molecule has 1 aromatic carbocycles. The molecular weight excluding hydrogens is 452 g/mol. The number of aryl methyl sites for hydroxylation is 1. The van der Waals surface area contributed by atoms with Gasteiger partial charge in [-0.15, -0.1) is 12.8 Å². The van der Waals surface area contributed by atoms with E-state index in [9.17, 15) is 0 Å². The second kappa shape index (κ2) is 18.9. The monoisotopic (exact) mass is 488 g/mol. The Hall–Kier alpha value is -1.06. The van der Waals surface area contributed by atoms with Gasteiger partial charge in [-0.25, -0.2) is 0 Å². The number of terminal acetylenes is 1. The fraction of sp³-hybridized carbons (Fsp3) is 0.609. The molecule has 0 amide bonds. The highest BCUT2D eigenvalue weighted by Gasteiger charge is 2.31. The molecule has 1 aliphatic heterocycles. The van der Waals surface area contributed by atoms with Crippen LogP contribution in [0.15, 0.2) is 27.7 Å². The Morgan fingerprint density at radius 2 is 1.72 bits per heavy atom. The van der Waals surface area contributed by atoms with Gasteiger partial charge in [0, 0.05) is 16.6 Å². The van der Waals surface area contributed by atoms with E-state index in [1.807, 2.05) is 25.2 Å². The fourth-order valence-corrected chi connectivity index (χ4v) is 3.33. The zero-order valence-electron chi connectivity index (χ0n) is 19.0. The van der Waals surface area contributed by atoms with Crippen molar-refractivity contribution in [1.29, 1.82) is 0 Å². The predicted molar refractivity (Wildman–Crippen MR) is 131 cm³/mol. The predicted octanol–water partition coefficient (Wildman–Crippen LogP) is 6.45. The van der Waals surface area contributed by atoms with E-state index in [1.54, 1.807) is 14.2 Å². The summed E-state index contributed by atoms with van der Waals surface area (Å²) in [5.41, 5.74) is 1.13. The summed E-state index contributed by atoms with van der Waals surface area (Å²) in [6.45, 7) is 9.10. The maximum atomic E-state index is 6.28. The Balaban J connectivity index is 0. The number of benzene rings is 1. The molecule has 0 N–H and O–H groups in total. The minimum absolute atomic E-state index is 0.00529. The summed E-state index contributed by atoms with van der Waals surface area (Å²) < 4.78 is 11.9. The van der Waals surface area contributed by atoms with E-state index < -0.39 is 0 Å². The number of rotatable bonds is 4. The molecule has 0 radical (unpaired) electrons. The highest BCUT2D eigenvalue weighted by Crippen LogP contribution is 2.24. The third-order valence-corrected chi connectivity index (χ3v) is 4.66. The number of likely N-dealkylation sites (N-methyl/N-ethyl adjacent to an activating group) is 1. The number of ether oxygens (including phenoxy) is 2. The van der Waals surface area contributed by atoms with E-state index in [2.05, 4.69) is 66.4 Å². The maximum Gasteiger partial charge on any atom is 0.201 e. The standard InChI is InChI=1S/C15H20BrClN2O2.2C3H8.C2H2/c1-19-13(15(21-3)18-9-14(19)20-2)7-5-10-4-6-11(16)8-12(10)17;2*1-3-2;1-2/h4,6,8,13-14H,5,7,9H2,1-3H3;2*3H2,1-2H3;1-2H. The first kappa shape index (κ1) is 30.1. The number of aliphatic imine (C=N–C) groups is 1. The van der Waals surface area contributed by atoms with Crippen LogP contribution >= 0.6 is 27.5 Å². The topological polar surface area (TPSA) is 34.1 Å². The van der Waals surface area contributed by atoms with E-state index in [0.717, 1.165) is 33.8 Å². The summed E-state index contributed by atoms with van der Waals surface area (Å²) in [5.74, 6) is 0.763. The zero-order valence-corrected chi connectivity index (χ0v) is 21.4. The molecule has 0 aromatic heterocycles. The van der Waals surface area contributed by atoms with Crippen molar-refractivity contribution in [2.75, 3.05) is 27.8 Å². The van der Waals surface area contributed by atoms with Crippen molar-refractivity contribution in [2.45, 2.75) is 65.6 Å². The number of halogens is 2. The molecule has 2 rings (SSSR count). The van der Waals surface area contributed by atoms with Gasteiger partial charge in [-0.3, -0.25) is 9.89 Å². The molecule has 0 aliphatic carbocycles. The molecule has 2 unspecified atom stereocenters. The Morgan fingerprint density at radius 3 is 2.17 bits per heavy atom. The van der Waals surface area contributed by atoms with E-state index in [1.165, 1.54) is 12.8 Å². The van der Waals surface area contributed by atoms with Crippen molar-refractivity contribution >= 4 is 33.4 Å². The molecule has 1 aromatic rings. The van der Waals surface area contributed by atoms with Crippen molar-refractivity contribution in [3.05, 3.63) is 33.3 Å². The van der Waals surface area contributed by atoms with E-state index >= 15 is 0 Å². The summed E-state index contributed by atoms with van der Waals surface area (Å²) in [6.07, 6.45) is 12.2. The van der Waals surface area contributed by atoms with Gasteiger partial charge >= 0.3 is 0 Å². The van der Waals surface area contributed by atoms with Crippen LogP contribution in [0.1, 0.15) is 52.5 Å². The molecular formula is C23H38BrClN2O2. The lowest BCUT2D eigenvalue weighted by molar-refractivity contribution is -0.0322. The summed E-state index contributed by atoms with van der Waals surface area (Å²) in [7, 11) is 5.41. The largest absolute Gasteiger partial charge is 0.483 e. The minimum atomic E-state index is -0.00529. The average molecular weight is 490 g/mol. The lowest BCUT2D eigenvalue weighted by Gasteiger charge is -2.37. The Bertz CT molecular complexity index is 591. The van der Waals surface area contributed by atoms with Gasteiger partial charge in [-0.2, -0.15) is 0 Å². The molecule has 0 fully saturated rings. The minimum Gasteiger partial charge on any atom is -0.483 e.